The van der Waals surface area contributed by atoms with Crippen LogP contribution in [0.1, 0.15) is 6.42 Å². The maximum absolute atomic E-state index is 10.7. The van der Waals surface area contributed by atoms with E-state index in [1.54, 1.807) is 0 Å². The maximum atomic E-state index is 10.7. The second-order valence-corrected chi connectivity index (χ2v) is 3.90. The fraction of sp³-hybridized carbons (Fsp3) is 0.333. The van der Waals surface area contributed by atoms with E-state index in [4.69, 9.17) is 9.47 Å². The summed E-state index contributed by atoms with van der Waals surface area (Å²) in [4.78, 5) is 21.4. The number of rotatable bonds is 6. The first-order valence-corrected chi connectivity index (χ1v) is 5.38. The van der Waals surface area contributed by atoms with Gasteiger partial charge in [-0.25, -0.2) is 9.59 Å². The van der Waals surface area contributed by atoms with Gasteiger partial charge in [0.15, 0.2) is 0 Å². The molecule has 0 N–H and O–H groups in total. The van der Waals surface area contributed by atoms with Crippen molar-refractivity contribution in [2.45, 2.75) is 12.1 Å². The SMILES string of the molecule is C=CC(=O)OCCC([SiH3])OC(=O)C=C. The van der Waals surface area contributed by atoms with Gasteiger partial charge < -0.3 is 9.47 Å². The molecule has 0 radical (unpaired) electrons. The first-order valence-electron chi connectivity index (χ1n) is 4.22. The lowest BCUT2D eigenvalue weighted by Crippen LogP contribution is -2.19. The van der Waals surface area contributed by atoms with Crippen LogP contribution in [0, 0.1) is 0 Å². The molecular weight excluding hydrogens is 200 g/mol. The number of ether oxygens (including phenoxy) is 2. The van der Waals surface area contributed by atoms with Gasteiger partial charge in [0.1, 0.15) is 0 Å². The van der Waals surface area contributed by atoms with Crippen LogP contribution in [0.3, 0.4) is 0 Å². The van der Waals surface area contributed by atoms with Gasteiger partial charge in [-0.2, -0.15) is 0 Å². The molecule has 0 aromatic heterocycles. The Balaban J connectivity index is 3.58. The Morgan fingerprint density at radius 1 is 1.29 bits per heavy atom. The minimum absolute atomic E-state index is 0.155. The molecule has 0 heterocycles. The van der Waals surface area contributed by atoms with Gasteiger partial charge in [-0.15, -0.1) is 0 Å². The topological polar surface area (TPSA) is 52.6 Å². The normalized spacial score (nSPS) is 11.4. The van der Waals surface area contributed by atoms with Crippen LogP contribution in [0.4, 0.5) is 0 Å². The summed E-state index contributed by atoms with van der Waals surface area (Å²) in [5.74, 6) is -0.908. The Hall–Kier alpha value is -1.36. The molecule has 0 saturated carbocycles. The molecule has 0 aromatic rings. The van der Waals surface area contributed by atoms with Gasteiger partial charge in [0.05, 0.1) is 22.6 Å². The van der Waals surface area contributed by atoms with Crippen molar-refractivity contribution in [1.82, 2.24) is 0 Å². The fourth-order valence-corrected chi connectivity index (χ4v) is 1.16. The maximum Gasteiger partial charge on any atom is 0.330 e. The standard InChI is InChI=1S/C9H14O4Si/c1-3-7(10)12-6-5-9(14)13-8(11)4-2/h3-4,9H,1-2,5-6H2,14H3. The summed E-state index contributed by atoms with van der Waals surface area (Å²) in [6.45, 7) is 6.77. The predicted octanol–water partition coefficient (Wildman–Crippen LogP) is -0.474. The van der Waals surface area contributed by atoms with Crippen molar-refractivity contribution in [1.29, 1.82) is 0 Å². The van der Waals surface area contributed by atoms with E-state index in [9.17, 15) is 9.59 Å². The first kappa shape index (κ1) is 12.6. The zero-order valence-corrected chi connectivity index (χ0v) is 10.2. The molecule has 0 fully saturated rings. The van der Waals surface area contributed by atoms with E-state index in [0.29, 0.717) is 16.7 Å². The zero-order valence-electron chi connectivity index (χ0n) is 8.19. The Morgan fingerprint density at radius 3 is 2.36 bits per heavy atom. The third-order valence-electron chi connectivity index (χ3n) is 1.42. The molecule has 0 aliphatic carbocycles. The van der Waals surface area contributed by atoms with E-state index in [2.05, 4.69) is 13.2 Å². The lowest BCUT2D eigenvalue weighted by Gasteiger charge is -2.11. The van der Waals surface area contributed by atoms with Gasteiger partial charge in [0.25, 0.3) is 0 Å². The molecule has 0 spiro atoms. The Kier molecular flexibility index (Phi) is 6.39. The molecule has 0 amide bonds. The summed E-state index contributed by atoms with van der Waals surface area (Å²) in [7, 11) is 0.695. The van der Waals surface area contributed by atoms with Gasteiger partial charge >= 0.3 is 11.9 Å². The van der Waals surface area contributed by atoms with E-state index in [1.165, 1.54) is 0 Å². The van der Waals surface area contributed by atoms with E-state index in [-0.39, 0.29) is 12.3 Å². The van der Waals surface area contributed by atoms with Crippen molar-refractivity contribution in [2.24, 2.45) is 0 Å². The number of esters is 2. The summed E-state index contributed by atoms with van der Waals surface area (Å²) in [6, 6.07) is 0. The highest BCUT2D eigenvalue weighted by atomic mass is 28.1. The largest absolute Gasteiger partial charge is 0.464 e. The van der Waals surface area contributed by atoms with Crippen LogP contribution >= 0.6 is 0 Å². The number of carbonyl (C=O) groups is 2. The average molecular weight is 214 g/mol. The van der Waals surface area contributed by atoms with E-state index in [0.717, 1.165) is 12.2 Å². The lowest BCUT2D eigenvalue weighted by atomic mass is 10.5. The van der Waals surface area contributed by atoms with E-state index >= 15 is 0 Å². The van der Waals surface area contributed by atoms with Crippen molar-refractivity contribution >= 4 is 22.2 Å². The lowest BCUT2D eigenvalue weighted by molar-refractivity contribution is -0.141. The van der Waals surface area contributed by atoms with Gasteiger partial charge in [0, 0.05) is 18.6 Å². The Bertz CT molecular complexity index is 237. The van der Waals surface area contributed by atoms with Crippen molar-refractivity contribution in [3.63, 3.8) is 0 Å². The third kappa shape index (κ3) is 6.19. The highest BCUT2D eigenvalue weighted by Gasteiger charge is 2.06. The predicted molar refractivity (Wildman–Crippen MR) is 55.8 cm³/mol. The first-order chi connectivity index (χ1) is 6.60. The summed E-state index contributed by atoms with van der Waals surface area (Å²) < 4.78 is 9.63. The van der Waals surface area contributed by atoms with Gasteiger partial charge in [0.2, 0.25) is 0 Å². The van der Waals surface area contributed by atoms with Crippen LogP contribution < -0.4 is 0 Å². The number of hydrogen-bond acceptors (Lipinski definition) is 4. The van der Waals surface area contributed by atoms with Crippen molar-refractivity contribution in [3.05, 3.63) is 25.3 Å². The van der Waals surface area contributed by atoms with Crippen LogP contribution in [0.2, 0.25) is 0 Å². The molecule has 0 bridgehead atoms. The van der Waals surface area contributed by atoms with Crippen molar-refractivity contribution in [3.8, 4) is 0 Å². The highest BCUT2D eigenvalue weighted by Crippen LogP contribution is 1.96. The molecule has 0 saturated heterocycles. The minimum Gasteiger partial charge on any atom is -0.464 e. The Morgan fingerprint density at radius 2 is 1.86 bits per heavy atom. The van der Waals surface area contributed by atoms with Crippen LogP contribution in [-0.4, -0.2) is 34.5 Å². The van der Waals surface area contributed by atoms with Crippen molar-refractivity contribution < 1.29 is 19.1 Å². The van der Waals surface area contributed by atoms with Gasteiger partial charge in [-0.1, -0.05) is 13.2 Å². The van der Waals surface area contributed by atoms with Crippen LogP contribution in [0.15, 0.2) is 25.3 Å². The third-order valence-corrected chi connectivity index (χ3v) is 2.23. The molecule has 14 heavy (non-hydrogen) atoms. The summed E-state index contributed by atoms with van der Waals surface area (Å²) in [5.41, 5.74) is -0.155. The second kappa shape index (κ2) is 7.08. The van der Waals surface area contributed by atoms with E-state index < -0.39 is 11.9 Å². The van der Waals surface area contributed by atoms with E-state index in [1.807, 2.05) is 0 Å². The quantitative estimate of drug-likeness (QED) is 0.341. The van der Waals surface area contributed by atoms with Gasteiger partial charge in [-0.3, -0.25) is 0 Å². The summed E-state index contributed by atoms with van der Waals surface area (Å²) in [5, 5.41) is 0. The number of carbonyl (C=O) groups excluding carboxylic acids is 2. The fourth-order valence-electron chi connectivity index (χ4n) is 0.690. The molecule has 0 aliphatic heterocycles. The molecule has 4 nitrogen and oxygen atoms in total. The minimum atomic E-state index is -0.464. The Labute approximate surface area is 86.0 Å². The molecule has 0 aliphatic rings. The molecule has 1 atom stereocenters. The molecule has 78 valence electrons. The average Bonchev–Trinajstić information content (AvgIpc) is 2.17. The van der Waals surface area contributed by atoms with Crippen molar-refractivity contribution in [2.75, 3.05) is 6.61 Å². The smallest absolute Gasteiger partial charge is 0.330 e. The van der Waals surface area contributed by atoms with Crippen LogP contribution in [-0.2, 0) is 19.1 Å². The molecule has 1 unspecified atom stereocenters. The molecule has 5 heteroatoms. The summed E-state index contributed by atoms with van der Waals surface area (Å²) in [6.07, 6.45) is 2.73. The molecular formula is C9H14O4Si. The monoisotopic (exact) mass is 214 g/mol. The number of hydrogen-bond donors (Lipinski definition) is 0. The zero-order chi connectivity index (χ0) is 11.0. The molecule has 0 rings (SSSR count). The second-order valence-electron chi connectivity index (χ2n) is 2.61. The molecule has 0 aromatic carbocycles. The van der Waals surface area contributed by atoms with Crippen LogP contribution in [0.25, 0.3) is 0 Å². The summed E-state index contributed by atoms with van der Waals surface area (Å²) >= 11 is 0. The van der Waals surface area contributed by atoms with Gasteiger partial charge in [-0.05, 0) is 0 Å². The highest BCUT2D eigenvalue weighted by molar-refractivity contribution is 6.11. The van der Waals surface area contributed by atoms with Crippen LogP contribution in [0.5, 0.6) is 0 Å².